The Morgan fingerprint density at radius 3 is 1.86 bits per heavy atom. The van der Waals surface area contributed by atoms with Gasteiger partial charge in [0.1, 0.15) is 5.75 Å². The van der Waals surface area contributed by atoms with Crippen LogP contribution in [0.15, 0.2) is 78.9 Å². The quantitative estimate of drug-likeness (QED) is 0.322. The normalized spacial score (nSPS) is 11.7. The number of hydrogen-bond acceptors (Lipinski definition) is 8. The van der Waals surface area contributed by atoms with Crippen molar-refractivity contribution in [2.24, 2.45) is 0 Å². The Labute approximate surface area is 203 Å². The van der Waals surface area contributed by atoms with E-state index in [0.29, 0.717) is 0 Å². The number of carboxylic acid groups (broad SMARTS) is 1. The Morgan fingerprint density at radius 2 is 1.37 bits per heavy atom. The largest absolute Gasteiger partial charge is 0.530 e. The summed E-state index contributed by atoms with van der Waals surface area (Å²) in [6.45, 7) is -0.135. The number of ether oxygens (including phenoxy) is 1. The molecule has 3 aromatic carbocycles. The topological polar surface area (TPSA) is 125 Å². The lowest BCUT2D eigenvalue weighted by Crippen LogP contribution is -2.17. The van der Waals surface area contributed by atoms with Gasteiger partial charge in [0.05, 0.1) is 26.1 Å². The first-order valence-corrected chi connectivity index (χ1v) is 13.7. The predicted octanol–water partition coefficient (Wildman–Crippen LogP) is 4.62. The molecule has 0 aliphatic carbocycles. The molecule has 186 valence electrons. The van der Waals surface area contributed by atoms with Gasteiger partial charge in [-0.15, -0.1) is 0 Å². The van der Waals surface area contributed by atoms with Crippen LogP contribution in [0.5, 0.6) is 11.5 Å². The van der Waals surface area contributed by atoms with Crippen molar-refractivity contribution in [1.82, 2.24) is 0 Å². The lowest BCUT2D eigenvalue weighted by molar-refractivity contribution is -0.134. The SMILES string of the molecule is COc1ccc(CS(=O)(=O)CC(=O)O)cc1OP(=O)(OCc1ccccc1)OCc1ccccc1. The first-order chi connectivity index (χ1) is 16.7. The van der Waals surface area contributed by atoms with Gasteiger partial charge >= 0.3 is 13.8 Å². The molecule has 0 unspecified atom stereocenters. The van der Waals surface area contributed by atoms with E-state index in [-0.39, 0.29) is 30.3 Å². The van der Waals surface area contributed by atoms with E-state index in [1.165, 1.54) is 25.3 Å². The molecule has 35 heavy (non-hydrogen) atoms. The summed E-state index contributed by atoms with van der Waals surface area (Å²) in [5, 5.41) is 8.83. The van der Waals surface area contributed by atoms with Gasteiger partial charge in [0.15, 0.2) is 21.3 Å². The minimum Gasteiger partial charge on any atom is -0.493 e. The van der Waals surface area contributed by atoms with E-state index in [4.69, 9.17) is 23.4 Å². The minimum atomic E-state index is -4.23. The number of sulfone groups is 1. The van der Waals surface area contributed by atoms with Gasteiger partial charge in [-0.2, -0.15) is 0 Å². The lowest BCUT2D eigenvalue weighted by Gasteiger charge is -2.20. The third-order valence-electron chi connectivity index (χ3n) is 4.63. The van der Waals surface area contributed by atoms with Gasteiger partial charge in [-0.3, -0.25) is 13.8 Å². The standard InChI is InChI=1S/C24H25O9PS/c1-30-22-13-12-21(17-35(28,29)18-24(25)26)14-23(22)33-34(27,31-15-19-8-4-2-5-9-19)32-16-20-10-6-3-7-11-20/h2-14H,15-18H2,1H3,(H,25,26). The van der Waals surface area contributed by atoms with Crippen LogP contribution < -0.4 is 9.26 Å². The molecule has 0 heterocycles. The monoisotopic (exact) mass is 520 g/mol. The van der Waals surface area contributed by atoms with Crippen molar-refractivity contribution in [2.75, 3.05) is 12.9 Å². The average Bonchev–Trinajstić information content (AvgIpc) is 2.82. The summed E-state index contributed by atoms with van der Waals surface area (Å²) < 4.78 is 60.0. The number of hydrogen-bond donors (Lipinski definition) is 1. The molecule has 3 aromatic rings. The zero-order valence-corrected chi connectivity index (χ0v) is 20.6. The Bertz CT molecular complexity index is 1230. The molecule has 0 radical (unpaired) electrons. The van der Waals surface area contributed by atoms with E-state index in [0.717, 1.165) is 11.1 Å². The van der Waals surface area contributed by atoms with E-state index in [1.807, 2.05) is 12.1 Å². The van der Waals surface area contributed by atoms with Crippen molar-refractivity contribution in [1.29, 1.82) is 0 Å². The van der Waals surface area contributed by atoms with E-state index in [1.54, 1.807) is 48.5 Å². The molecular weight excluding hydrogens is 495 g/mol. The third-order valence-corrected chi connectivity index (χ3v) is 7.40. The molecule has 0 aromatic heterocycles. The van der Waals surface area contributed by atoms with Crippen LogP contribution in [0.25, 0.3) is 0 Å². The van der Waals surface area contributed by atoms with Gasteiger partial charge < -0.3 is 14.4 Å². The number of rotatable bonds is 13. The summed E-state index contributed by atoms with van der Waals surface area (Å²) in [7, 11) is -6.80. The van der Waals surface area contributed by atoms with E-state index >= 15 is 0 Å². The van der Waals surface area contributed by atoms with Crippen molar-refractivity contribution in [2.45, 2.75) is 19.0 Å². The maximum atomic E-state index is 13.6. The molecule has 0 atom stereocenters. The number of phosphoric ester groups is 1. The zero-order valence-electron chi connectivity index (χ0n) is 18.9. The van der Waals surface area contributed by atoms with E-state index < -0.39 is 35.1 Å². The molecule has 0 aliphatic heterocycles. The highest BCUT2D eigenvalue weighted by Crippen LogP contribution is 2.53. The fourth-order valence-corrected chi connectivity index (χ4v) is 5.39. The fourth-order valence-electron chi connectivity index (χ4n) is 3.04. The average molecular weight is 520 g/mol. The van der Waals surface area contributed by atoms with E-state index in [2.05, 4.69) is 0 Å². The maximum absolute atomic E-state index is 13.6. The van der Waals surface area contributed by atoms with Crippen LogP contribution in [0.3, 0.4) is 0 Å². The summed E-state index contributed by atoms with van der Waals surface area (Å²) in [5.74, 6) is -2.94. The second kappa shape index (κ2) is 12.0. The van der Waals surface area contributed by atoms with Crippen LogP contribution in [0.1, 0.15) is 16.7 Å². The van der Waals surface area contributed by atoms with Gasteiger partial charge in [-0.25, -0.2) is 13.0 Å². The molecule has 11 heteroatoms. The van der Waals surface area contributed by atoms with Crippen molar-refractivity contribution < 1.29 is 41.2 Å². The van der Waals surface area contributed by atoms with Crippen molar-refractivity contribution in [3.05, 3.63) is 95.6 Å². The second-order valence-electron chi connectivity index (χ2n) is 7.47. The highest BCUT2D eigenvalue weighted by molar-refractivity contribution is 7.91. The van der Waals surface area contributed by atoms with Gasteiger partial charge in [-0.1, -0.05) is 66.7 Å². The second-order valence-corrected chi connectivity index (χ2v) is 11.1. The molecular formula is C24H25O9PS. The van der Waals surface area contributed by atoms with Crippen LogP contribution in [-0.4, -0.2) is 32.4 Å². The minimum absolute atomic E-state index is 0.0676. The molecule has 0 fully saturated rings. The molecule has 9 nitrogen and oxygen atoms in total. The van der Waals surface area contributed by atoms with Gasteiger partial charge in [0.25, 0.3) is 0 Å². The number of aliphatic carboxylic acids is 1. The van der Waals surface area contributed by atoms with Crippen molar-refractivity contribution in [3.8, 4) is 11.5 Å². The molecule has 3 rings (SSSR count). The lowest BCUT2D eigenvalue weighted by atomic mass is 10.2. The molecule has 0 aliphatic rings. The van der Waals surface area contributed by atoms with Crippen LogP contribution in [0, 0.1) is 0 Å². The highest BCUT2D eigenvalue weighted by atomic mass is 32.2. The summed E-state index contributed by atoms with van der Waals surface area (Å²) in [5.41, 5.74) is 1.69. The number of benzene rings is 3. The Morgan fingerprint density at radius 1 is 0.829 bits per heavy atom. The van der Waals surface area contributed by atoms with Crippen LogP contribution >= 0.6 is 7.82 Å². The molecule has 0 bridgehead atoms. The highest BCUT2D eigenvalue weighted by Gasteiger charge is 2.31. The predicted molar refractivity (Wildman–Crippen MR) is 129 cm³/mol. The number of carboxylic acids is 1. The van der Waals surface area contributed by atoms with Gasteiger partial charge in [0, 0.05) is 0 Å². The summed E-state index contributed by atoms with van der Waals surface area (Å²) in [4.78, 5) is 10.8. The summed E-state index contributed by atoms with van der Waals surface area (Å²) >= 11 is 0. The smallest absolute Gasteiger partial charge is 0.493 e. The summed E-state index contributed by atoms with van der Waals surface area (Å²) in [6.07, 6.45) is 0. The number of carbonyl (C=O) groups is 1. The molecule has 0 spiro atoms. The molecule has 0 saturated heterocycles. The van der Waals surface area contributed by atoms with Crippen molar-refractivity contribution >= 4 is 23.6 Å². The third kappa shape index (κ3) is 8.52. The van der Waals surface area contributed by atoms with E-state index in [9.17, 15) is 17.8 Å². The number of methoxy groups -OCH3 is 1. The molecule has 0 saturated carbocycles. The van der Waals surface area contributed by atoms with Crippen LogP contribution in [-0.2, 0) is 47.2 Å². The van der Waals surface area contributed by atoms with Crippen molar-refractivity contribution in [3.63, 3.8) is 0 Å². The number of phosphoric acid groups is 1. The molecule has 0 amide bonds. The van der Waals surface area contributed by atoms with Gasteiger partial charge in [-0.05, 0) is 28.8 Å². The van der Waals surface area contributed by atoms with Crippen LogP contribution in [0.2, 0.25) is 0 Å². The zero-order chi connectivity index (χ0) is 25.3. The Kier molecular flexibility index (Phi) is 9.06. The molecule has 1 N–H and O–H groups in total. The maximum Gasteiger partial charge on any atom is 0.530 e. The summed E-state index contributed by atoms with van der Waals surface area (Å²) in [6, 6.07) is 22.2. The fraction of sp³-hybridized carbons (Fsp3) is 0.208. The first-order valence-electron chi connectivity index (χ1n) is 10.4. The first kappa shape index (κ1) is 26.4. The van der Waals surface area contributed by atoms with Gasteiger partial charge in [0.2, 0.25) is 0 Å². The van der Waals surface area contributed by atoms with Crippen LogP contribution in [0.4, 0.5) is 0 Å². The Balaban J connectivity index is 1.86. The Hall–Kier alpha value is -3.17.